The van der Waals surface area contributed by atoms with Gasteiger partial charge in [0.1, 0.15) is 5.82 Å². The van der Waals surface area contributed by atoms with E-state index < -0.39 is 11.1 Å². The Hall–Kier alpha value is -2.10. The maximum Gasteiger partial charge on any atom is 0.332 e. The van der Waals surface area contributed by atoms with Crippen molar-refractivity contribution in [2.45, 2.75) is 39.4 Å². The van der Waals surface area contributed by atoms with Crippen LogP contribution in [-0.4, -0.2) is 37.3 Å². The van der Waals surface area contributed by atoms with Crippen molar-refractivity contribution in [1.82, 2.24) is 24.2 Å². The van der Waals surface area contributed by atoms with E-state index in [1.807, 2.05) is 12.3 Å². The first-order valence-electron chi connectivity index (χ1n) is 9.38. The molecule has 0 aliphatic carbocycles. The molecule has 1 fully saturated rings. The van der Waals surface area contributed by atoms with Gasteiger partial charge in [0, 0.05) is 41.7 Å². The van der Waals surface area contributed by atoms with E-state index in [1.165, 1.54) is 20.9 Å². The molecule has 0 amide bonds. The number of fused-ring (bicyclic) bond motifs is 1. The maximum absolute atomic E-state index is 12.7. The van der Waals surface area contributed by atoms with E-state index >= 15 is 0 Å². The summed E-state index contributed by atoms with van der Waals surface area (Å²) < 4.78 is 2.90. The molecule has 1 atom stereocenters. The monoisotopic (exact) mass is 415 g/mol. The van der Waals surface area contributed by atoms with Crippen LogP contribution in [0.1, 0.15) is 27.8 Å². The molecule has 2 aliphatic rings. The summed E-state index contributed by atoms with van der Waals surface area (Å²) in [7, 11) is 0. The largest absolute Gasteiger partial charge is 0.332 e. The third-order valence-corrected chi connectivity index (χ3v) is 7.38. The van der Waals surface area contributed by atoms with Crippen molar-refractivity contribution in [2.24, 2.45) is 5.41 Å². The fourth-order valence-electron chi connectivity index (χ4n) is 4.40. The van der Waals surface area contributed by atoms with Crippen LogP contribution in [-0.2, 0) is 26.1 Å². The number of hydrogen-bond donors (Lipinski definition) is 0. The van der Waals surface area contributed by atoms with Crippen molar-refractivity contribution in [2.75, 3.05) is 13.1 Å². The summed E-state index contributed by atoms with van der Waals surface area (Å²) in [5.74, 6) is 0.731. The number of rotatable bonds is 4. The van der Waals surface area contributed by atoms with Crippen molar-refractivity contribution >= 4 is 22.7 Å². The lowest BCUT2D eigenvalue weighted by Gasteiger charge is -2.22. The average Bonchev–Trinajstić information content (AvgIpc) is 3.44. The van der Waals surface area contributed by atoms with Crippen LogP contribution in [0.5, 0.6) is 0 Å². The normalized spacial score (nSPS) is 21.6. The van der Waals surface area contributed by atoms with Crippen LogP contribution in [0.4, 0.5) is 0 Å². The Bertz CT molecular complexity index is 1130. The standard InChI is InChI=1S/C19H21N5O2S2/c1-13-20-14(10-28-13)8-24-18(26)17(25)23-12-19(7-16(23)21-24)4-5-22(11-19)9-15-3-2-6-27-15/h2-3,6,10H,4-5,7-9,11-12H2,1H3/t19-/m0/s1. The van der Waals surface area contributed by atoms with Gasteiger partial charge in [-0.3, -0.25) is 19.1 Å². The van der Waals surface area contributed by atoms with Crippen LogP contribution in [0.15, 0.2) is 32.5 Å². The Morgan fingerprint density at radius 2 is 2.07 bits per heavy atom. The van der Waals surface area contributed by atoms with Crippen molar-refractivity contribution in [1.29, 1.82) is 0 Å². The van der Waals surface area contributed by atoms with Gasteiger partial charge in [-0.1, -0.05) is 6.07 Å². The summed E-state index contributed by atoms with van der Waals surface area (Å²) >= 11 is 3.31. The molecule has 2 aliphatic heterocycles. The van der Waals surface area contributed by atoms with Gasteiger partial charge in [0.15, 0.2) is 0 Å². The Balaban J connectivity index is 1.38. The second-order valence-corrected chi connectivity index (χ2v) is 9.94. The first-order valence-corrected chi connectivity index (χ1v) is 11.1. The van der Waals surface area contributed by atoms with Crippen LogP contribution in [0.25, 0.3) is 0 Å². The van der Waals surface area contributed by atoms with Crippen molar-refractivity contribution < 1.29 is 0 Å². The number of aromatic nitrogens is 4. The summed E-state index contributed by atoms with van der Waals surface area (Å²) in [4.78, 5) is 33.5. The van der Waals surface area contributed by atoms with Gasteiger partial charge in [0.2, 0.25) is 0 Å². The van der Waals surface area contributed by atoms with Gasteiger partial charge in [-0.15, -0.1) is 22.7 Å². The van der Waals surface area contributed by atoms with E-state index in [0.29, 0.717) is 6.54 Å². The Morgan fingerprint density at radius 3 is 2.82 bits per heavy atom. The minimum atomic E-state index is -0.556. The molecule has 5 heterocycles. The van der Waals surface area contributed by atoms with Gasteiger partial charge in [0.25, 0.3) is 0 Å². The molecule has 0 N–H and O–H groups in total. The maximum atomic E-state index is 12.7. The molecule has 0 unspecified atom stereocenters. The van der Waals surface area contributed by atoms with Crippen LogP contribution >= 0.6 is 22.7 Å². The predicted molar refractivity (Wildman–Crippen MR) is 109 cm³/mol. The van der Waals surface area contributed by atoms with E-state index in [2.05, 4.69) is 32.5 Å². The SMILES string of the molecule is Cc1nc(Cn2nc3n(c(=O)c2=O)C[C@@]2(CCN(Cc4cccs4)C2)C3)cs1. The molecule has 1 spiro atoms. The highest BCUT2D eigenvalue weighted by molar-refractivity contribution is 7.10. The Morgan fingerprint density at radius 1 is 1.18 bits per heavy atom. The van der Waals surface area contributed by atoms with E-state index in [0.717, 1.165) is 49.0 Å². The lowest BCUT2D eigenvalue weighted by molar-refractivity contribution is 0.247. The summed E-state index contributed by atoms with van der Waals surface area (Å²) in [5.41, 5.74) is -0.221. The van der Waals surface area contributed by atoms with Crippen molar-refractivity contribution in [3.05, 3.63) is 65.0 Å². The zero-order valence-corrected chi connectivity index (χ0v) is 17.3. The van der Waals surface area contributed by atoms with Crippen LogP contribution in [0.2, 0.25) is 0 Å². The predicted octanol–water partition coefficient (Wildman–Crippen LogP) is 1.73. The van der Waals surface area contributed by atoms with E-state index in [4.69, 9.17) is 0 Å². The summed E-state index contributed by atoms with van der Waals surface area (Å²) in [6.45, 7) is 5.68. The van der Waals surface area contributed by atoms with Crippen molar-refractivity contribution in [3.63, 3.8) is 0 Å². The molecule has 3 aromatic rings. The van der Waals surface area contributed by atoms with Gasteiger partial charge < -0.3 is 0 Å². The van der Waals surface area contributed by atoms with Crippen LogP contribution in [0, 0.1) is 12.3 Å². The summed E-state index contributed by atoms with van der Waals surface area (Å²) in [6.07, 6.45) is 1.78. The lowest BCUT2D eigenvalue weighted by atomic mass is 9.86. The molecule has 0 saturated carbocycles. The van der Waals surface area contributed by atoms with Crippen LogP contribution < -0.4 is 11.1 Å². The first-order chi connectivity index (χ1) is 13.5. The zero-order chi connectivity index (χ0) is 19.3. The summed E-state index contributed by atoms with van der Waals surface area (Å²) in [5, 5.41) is 9.51. The number of likely N-dealkylation sites (tertiary alicyclic amines) is 1. The molecule has 5 rings (SSSR count). The average molecular weight is 416 g/mol. The molecule has 0 aromatic carbocycles. The zero-order valence-electron chi connectivity index (χ0n) is 15.6. The van der Waals surface area contributed by atoms with Gasteiger partial charge in [0.05, 0.1) is 17.2 Å². The second kappa shape index (κ2) is 6.75. The van der Waals surface area contributed by atoms with Gasteiger partial charge >= 0.3 is 11.1 Å². The topological polar surface area (TPSA) is 73.0 Å². The van der Waals surface area contributed by atoms with Crippen LogP contribution in [0.3, 0.4) is 0 Å². The highest BCUT2D eigenvalue weighted by atomic mass is 32.1. The molecular weight excluding hydrogens is 394 g/mol. The lowest BCUT2D eigenvalue weighted by Crippen LogP contribution is -2.43. The fraction of sp³-hybridized carbons (Fsp3) is 0.474. The fourth-order valence-corrected chi connectivity index (χ4v) is 5.75. The number of hydrogen-bond acceptors (Lipinski definition) is 7. The Kier molecular flexibility index (Phi) is 4.33. The number of nitrogens with zero attached hydrogens (tertiary/aromatic N) is 5. The molecule has 9 heteroatoms. The highest BCUT2D eigenvalue weighted by Crippen LogP contribution is 2.39. The van der Waals surface area contributed by atoms with Gasteiger partial charge in [-0.25, -0.2) is 9.67 Å². The number of aryl methyl sites for hydroxylation is 1. The van der Waals surface area contributed by atoms with E-state index in [-0.39, 0.29) is 12.0 Å². The second-order valence-electron chi connectivity index (χ2n) is 7.84. The first kappa shape index (κ1) is 18.0. The quantitative estimate of drug-likeness (QED) is 0.607. The van der Waals surface area contributed by atoms with E-state index in [1.54, 1.807) is 15.9 Å². The van der Waals surface area contributed by atoms with E-state index in [9.17, 15) is 9.59 Å². The molecule has 1 saturated heterocycles. The smallest absolute Gasteiger partial charge is 0.298 e. The molecular formula is C19H21N5O2S2. The molecule has 0 radical (unpaired) electrons. The van der Waals surface area contributed by atoms with Crippen molar-refractivity contribution in [3.8, 4) is 0 Å². The minimum Gasteiger partial charge on any atom is -0.298 e. The number of thiophene rings is 1. The van der Waals surface area contributed by atoms with Gasteiger partial charge in [-0.2, -0.15) is 5.10 Å². The molecule has 28 heavy (non-hydrogen) atoms. The molecule has 0 bridgehead atoms. The Labute approximate surface area is 169 Å². The third kappa shape index (κ3) is 3.17. The van der Waals surface area contributed by atoms with Gasteiger partial charge in [-0.05, 0) is 31.3 Å². The third-order valence-electron chi connectivity index (χ3n) is 5.69. The molecule has 3 aromatic heterocycles. The molecule has 7 nitrogen and oxygen atoms in total. The number of thiazole rings is 1. The summed E-state index contributed by atoms with van der Waals surface area (Å²) in [6, 6.07) is 4.25. The molecule has 146 valence electrons. The highest BCUT2D eigenvalue weighted by Gasteiger charge is 2.44. The minimum absolute atomic E-state index is 0.0132.